The van der Waals surface area contributed by atoms with Gasteiger partial charge in [0.25, 0.3) is 0 Å². The minimum atomic E-state index is -0.593. The molecule has 0 bridgehead atoms. The molecule has 142 valence electrons. The maximum atomic E-state index is 14.8. The number of hydrogen-bond acceptors (Lipinski definition) is 3. The van der Waals surface area contributed by atoms with Crippen LogP contribution in [0, 0.1) is 16.6 Å². The van der Waals surface area contributed by atoms with E-state index in [-0.39, 0.29) is 28.2 Å². The number of nitrogens with one attached hydrogen (secondary N) is 1. The van der Waals surface area contributed by atoms with Gasteiger partial charge in [0.1, 0.15) is 5.82 Å². The number of carbonyl (C=O) groups excluding carboxylic acids is 2. The van der Waals surface area contributed by atoms with Gasteiger partial charge in [0.15, 0.2) is 11.6 Å². The first-order valence-electron chi connectivity index (χ1n) is 9.62. The van der Waals surface area contributed by atoms with E-state index in [4.69, 9.17) is 0 Å². The fourth-order valence-electron chi connectivity index (χ4n) is 4.91. The van der Waals surface area contributed by atoms with Crippen molar-refractivity contribution in [1.82, 2.24) is 5.32 Å². The highest BCUT2D eigenvalue weighted by molar-refractivity contribution is 6.06. The normalized spacial score (nSPS) is 24.5. The highest BCUT2D eigenvalue weighted by Gasteiger charge is 2.46. The van der Waals surface area contributed by atoms with E-state index >= 15 is 0 Å². The average molecular weight is 367 g/mol. The van der Waals surface area contributed by atoms with Gasteiger partial charge in [-0.05, 0) is 29.7 Å². The zero-order valence-electron chi connectivity index (χ0n) is 16.4. The van der Waals surface area contributed by atoms with Crippen LogP contribution in [0.4, 0.5) is 4.39 Å². The second-order valence-electron chi connectivity index (χ2n) is 9.75. The smallest absolute Gasteiger partial charge is 0.162 e. The van der Waals surface area contributed by atoms with Crippen LogP contribution in [0.2, 0.25) is 0 Å². The van der Waals surface area contributed by atoms with Crippen LogP contribution in [0.1, 0.15) is 64.9 Å². The Kier molecular flexibility index (Phi) is 3.95. The fourth-order valence-corrected chi connectivity index (χ4v) is 4.91. The van der Waals surface area contributed by atoms with Gasteiger partial charge in [0.05, 0.1) is 0 Å². The standard InChI is InChI=1S/C23H26FNO2/c1-22(2)9-15-20(17(26)11-22)19(13-7-5-6-8-14(13)24)21-16(25-15)10-23(3,4)12-18(21)27/h5-8,19,25H,9-12H2,1-4H3. The highest BCUT2D eigenvalue weighted by Crippen LogP contribution is 2.51. The fraction of sp³-hybridized carbons (Fsp3) is 0.478. The van der Waals surface area contributed by atoms with E-state index in [1.807, 2.05) is 0 Å². The van der Waals surface area contributed by atoms with E-state index in [0.717, 1.165) is 24.2 Å². The largest absolute Gasteiger partial charge is 0.362 e. The number of benzene rings is 1. The molecule has 1 heterocycles. The molecule has 0 aromatic heterocycles. The van der Waals surface area contributed by atoms with E-state index in [1.54, 1.807) is 18.2 Å². The minimum Gasteiger partial charge on any atom is -0.362 e. The maximum absolute atomic E-state index is 14.8. The Hall–Kier alpha value is -2.23. The van der Waals surface area contributed by atoms with E-state index in [1.165, 1.54) is 6.07 Å². The van der Waals surface area contributed by atoms with Crippen LogP contribution < -0.4 is 5.32 Å². The Morgan fingerprint density at radius 3 is 1.81 bits per heavy atom. The molecule has 0 saturated carbocycles. The van der Waals surface area contributed by atoms with E-state index in [0.29, 0.717) is 29.6 Å². The van der Waals surface area contributed by atoms with Crippen LogP contribution in [-0.4, -0.2) is 11.6 Å². The Labute approximate surface area is 159 Å². The molecule has 0 atom stereocenters. The van der Waals surface area contributed by atoms with Crippen LogP contribution in [0.15, 0.2) is 46.8 Å². The second-order valence-corrected chi connectivity index (χ2v) is 9.75. The van der Waals surface area contributed by atoms with Crippen LogP contribution in [0.25, 0.3) is 0 Å². The van der Waals surface area contributed by atoms with E-state index < -0.39 is 5.92 Å². The van der Waals surface area contributed by atoms with Gasteiger partial charge in [-0.3, -0.25) is 9.59 Å². The number of Topliss-reactive ketones (excluding diaryl/α,β-unsaturated/α-hetero) is 2. The van der Waals surface area contributed by atoms with Crippen molar-refractivity contribution in [3.8, 4) is 0 Å². The molecule has 3 aliphatic rings. The summed E-state index contributed by atoms with van der Waals surface area (Å²) in [4.78, 5) is 26.2. The number of carbonyl (C=O) groups is 2. The van der Waals surface area contributed by atoms with Crippen molar-refractivity contribution >= 4 is 11.6 Å². The van der Waals surface area contributed by atoms with Crippen molar-refractivity contribution in [1.29, 1.82) is 0 Å². The summed E-state index contributed by atoms with van der Waals surface area (Å²) in [5, 5.41) is 3.44. The van der Waals surface area contributed by atoms with Crippen molar-refractivity contribution < 1.29 is 14.0 Å². The van der Waals surface area contributed by atoms with Gasteiger partial charge in [0.2, 0.25) is 0 Å². The summed E-state index contributed by atoms with van der Waals surface area (Å²) >= 11 is 0. The third-order valence-corrected chi connectivity index (χ3v) is 5.94. The van der Waals surface area contributed by atoms with E-state index in [2.05, 4.69) is 33.0 Å². The molecule has 4 heteroatoms. The monoisotopic (exact) mass is 367 g/mol. The summed E-state index contributed by atoms with van der Waals surface area (Å²) in [6, 6.07) is 6.53. The van der Waals surface area contributed by atoms with Gasteiger partial charge in [0, 0.05) is 46.9 Å². The molecule has 0 spiro atoms. The zero-order chi connectivity index (χ0) is 19.6. The van der Waals surface area contributed by atoms with Crippen LogP contribution in [-0.2, 0) is 9.59 Å². The predicted molar refractivity (Wildman–Crippen MR) is 102 cm³/mol. The summed E-state index contributed by atoms with van der Waals surface area (Å²) in [5.74, 6) is -0.916. The van der Waals surface area contributed by atoms with Gasteiger partial charge in [-0.2, -0.15) is 0 Å². The molecular weight excluding hydrogens is 341 g/mol. The topological polar surface area (TPSA) is 46.2 Å². The number of rotatable bonds is 1. The zero-order valence-corrected chi connectivity index (χ0v) is 16.4. The molecule has 0 fully saturated rings. The first-order valence-corrected chi connectivity index (χ1v) is 9.62. The van der Waals surface area contributed by atoms with Crippen molar-refractivity contribution in [2.45, 2.75) is 59.3 Å². The average Bonchev–Trinajstić information content (AvgIpc) is 2.51. The summed E-state index contributed by atoms with van der Waals surface area (Å²) in [6.07, 6.45) is 2.29. The molecule has 1 aliphatic heterocycles. The number of allylic oxidation sites excluding steroid dienone is 4. The summed E-state index contributed by atoms with van der Waals surface area (Å²) in [5.41, 5.74) is 3.06. The minimum absolute atomic E-state index is 0.0196. The Balaban J connectivity index is 1.94. The van der Waals surface area contributed by atoms with Crippen molar-refractivity contribution in [3.63, 3.8) is 0 Å². The predicted octanol–water partition coefficient (Wildman–Crippen LogP) is 4.80. The number of hydrogen-bond donors (Lipinski definition) is 1. The third kappa shape index (κ3) is 3.05. The summed E-state index contributed by atoms with van der Waals surface area (Å²) < 4.78 is 14.8. The maximum Gasteiger partial charge on any atom is 0.162 e. The van der Waals surface area contributed by atoms with Crippen molar-refractivity contribution in [2.24, 2.45) is 10.8 Å². The van der Waals surface area contributed by atoms with Gasteiger partial charge in [-0.1, -0.05) is 45.9 Å². The van der Waals surface area contributed by atoms with E-state index in [9.17, 15) is 14.0 Å². The van der Waals surface area contributed by atoms with Gasteiger partial charge >= 0.3 is 0 Å². The van der Waals surface area contributed by atoms with Crippen LogP contribution in [0.3, 0.4) is 0 Å². The SMILES string of the molecule is CC1(C)CC(=O)C2=C(C1)NC1=C(C(=O)CC(C)(C)C1)C2c1ccccc1F. The Morgan fingerprint density at radius 2 is 1.33 bits per heavy atom. The molecule has 0 radical (unpaired) electrons. The first-order chi connectivity index (χ1) is 12.6. The lowest BCUT2D eigenvalue weighted by Crippen LogP contribution is -2.42. The van der Waals surface area contributed by atoms with Crippen LogP contribution >= 0.6 is 0 Å². The molecule has 1 N–H and O–H groups in total. The van der Waals surface area contributed by atoms with Crippen molar-refractivity contribution in [3.05, 3.63) is 58.2 Å². The summed E-state index contributed by atoms with van der Waals surface area (Å²) in [6.45, 7) is 8.31. The lowest BCUT2D eigenvalue weighted by Gasteiger charge is -2.44. The molecule has 0 amide bonds. The van der Waals surface area contributed by atoms with Crippen molar-refractivity contribution in [2.75, 3.05) is 0 Å². The molecule has 1 aromatic rings. The molecular formula is C23H26FNO2. The van der Waals surface area contributed by atoms with Gasteiger partial charge in [-0.15, -0.1) is 0 Å². The van der Waals surface area contributed by atoms with Gasteiger partial charge < -0.3 is 5.32 Å². The molecule has 2 aliphatic carbocycles. The number of ketones is 2. The molecule has 0 saturated heterocycles. The lowest BCUT2D eigenvalue weighted by molar-refractivity contribution is -0.119. The third-order valence-electron chi connectivity index (χ3n) is 5.94. The van der Waals surface area contributed by atoms with Crippen LogP contribution in [0.5, 0.6) is 0 Å². The molecule has 0 unspecified atom stereocenters. The molecule has 1 aromatic carbocycles. The number of dihydropyridines is 1. The second kappa shape index (κ2) is 5.88. The first kappa shape index (κ1) is 18.1. The quantitative estimate of drug-likeness (QED) is 0.776. The van der Waals surface area contributed by atoms with Gasteiger partial charge in [-0.25, -0.2) is 4.39 Å². The molecule has 3 nitrogen and oxygen atoms in total. The molecule has 4 rings (SSSR count). The highest BCUT2D eigenvalue weighted by atomic mass is 19.1. The molecule has 27 heavy (non-hydrogen) atoms. The summed E-state index contributed by atoms with van der Waals surface area (Å²) in [7, 11) is 0. The Morgan fingerprint density at radius 1 is 0.852 bits per heavy atom. The number of halogens is 1. The lowest BCUT2D eigenvalue weighted by atomic mass is 9.64. The Bertz CT molecular complexity index is 868.